The van der Waals surface area contributed by atoms with E-state index >= 15 is 0 Å². The van der Waals surface area contributed by atoms with Gasteiger partial charge in [0.2, 0.25) is 0 Å². The molecule has 2 aromatic rings. The molecule has 1 N–H and O–H groups in total. The Morgan fingerprint density at radius 3 is 2.35 bits per heavy atom. The molecule has 1 amide bonds. The van der Waals surface area contributed by atoms with E-state index in [1.165, 1.54) is 11.0 Å². The molecule has 0 aliphatic carbocycles. The number of nitro groups is 1. The van der Waals surface area contributed by atoms with Crippen molar-refractivity contribution in [2.75, 3.05) is 31.1 Å². The van der Waals surface area contributed by atoms with Gasteiger partial charge in [-0.15, -0.1) is 0 Å². The molecule has 0 unspecified atom stereocenters. The largest absolute Gasteiger partial charge is 0.489 e. The van der Waals surface area contributed by atoms with Gasteiger partial charge in [-0.2, -0.15) is 0 Å². The first kappa shape index (κ1) is 17.5. The molecule has 0 aromatic heterocycles. The molecule has 2 aromatic carbocycles. The normalized spacial score (nSPS) is 14.2. The zero-order valence-electron chi connectivity index (χ0n) is 14.1. The SMILES string of the molecule is O=C(O)N1CCN(c2ccc(OCc3ccccc3[N+](=O)[O-])cc2)CC1. The van der Waals surface area contributed by atoms with Crippen molar-refractivity contribution in [3.8, 4) is 5.75 Å². The van der Waals surface area contributed by atoms with Crippen molar-refractivity contribution in [2.45, 2.75) is 6.61 Å². The second kappa shape index (κ2) is 7.73. The van der Waals surface area contributed by atoms with Crippen molar-refractivity contribution in [3.05, 3.63) is 64.2 Å². The van der Waals surface area contributed by atoms with Crippen molar-refractivity contribution < 1.29 is 19.6 Å². The highest BCUT2D eigenvalue weighted by Crippen LogP contribution is 2.23. The van der Waals surface area contributed by atoms with Crippen LogP contribution in [0.1, 0.15) is 5.56 Å². The monoisotopic (exact) mass is 357 g/mol. The van der Waals surface area contributed by atoms with Gasteiger partial charge in [-0.05, 0) is 30.3 Å². The quantitative estimate of drug-likeness (QED) is 0.653. The van der Waals surface area contributed by atoms with E-state index in [0.717, 1.165) is 5.69 Å². The minimum atomic E-state index is -0.886. The molecule has 1 aliphatic heterocycles. The molecular weight excluding hydrogens is 338 g/mol. The van der Waals surface area contributed by atoms with Gasteiger partial charge in [0, 0.05) is 37.9 Å². The van der Waals surface area contributed by atoms with Crippen LogP contribution in [0.5, 0.6) is 5.75 Å². The Kier molecular flexibility index (Phi) is 5.21. The van der Waals surface area contributed by atoms with Gasteiger partial charge < -0.3 is 19.6 Å². The number of nitro benzene ring substituents is 1. The summed E-state index contributed by atoms with van der Waals surface area (Å²) in [6.45, 7) is 2.36. The zero-order valence-corrected chi connectivity index (χ0v) is 14.1. The molecule has 0 saturated carbocycles. The van der Waals surface area contributed by atoms with Gasteiger partial charge in [-0.1, -0.05) is 12.1 Å². The lowest BCUT2D eigenvalue weighted by Crippen LogP contribution is -2.48. The number of anilines is 1. The fraction of sp³-hybridized carbons (Fsp3) is 0.278. The topological polar surface area (TPSA) is 96.2 Å². The third-order valence-electron chi connectivity index (χ3n) is 4.33. The minimum Gasteiger partial charge on any atom is -0.489 e. The number of hydrogen-bond donors (Lipinski definition) is 1. The van der Waals surface area contributed by atoms with Gasteiger partial charge in [0.1, 0.15) is 12.4 Å². The van der Waals surface area contributed by atoms with Crippen LogP contribution in [0.4, 0.5) is 16.2 Å². The summed E-state index contributed by atoms with van der Waals surface area (Å²) in [5.41, 5.74) is 1.56. The van der Waals surface area contributed by atoms with Crippen molar-refractivity contribution >= 4 is 17.5 Å². The Morgan fingerprint density at radius 2 is 1.73 bits per heavy atom. The molecule has 26 heavy (non-hydrogen) atoms. The Hall–Kier alpha value is -3.29. The molecule has 1 aliphatic rings. The van der Waals surface area contributed by atoms with Crippen molar-refractivity contribution in [1.29, 1.82) is 0 Å². The number of carboxylic acid groups (broad SMARTS) is 1. The van der Waals surface area contributed by atoms with Crippen LogP contribution in [0, 0.1) is 10.1 Å². The van der Waals surface area contributed by atoms with Gasteiger partial charge in [0.05, 0.1) is 10.5 Å². The van der Waals surface area contributed by atoms with E-state index in [-0.39, 0.29) is 12.3 Å². The van der Waals surface area contributed by atoms with Crippen LogP contribution >= 0.6 is 0 Å². The lowest BCUT2D eigenvalue weighted by molar-refractivity contribution is -0.385. The van der Waals surface area contributed by atoms with Gasteiger partial charge in [-0.3, -0.25) is 10.1 Å². The van der Waals surface area contributed by atoms with Crippen molar-refractivity contribution in [3.63, 3.8) is 0 Å². The first-order chi connectivity index (χ1) is 12.5. The van der Waals surface area contributed by atoms with E-state index in [1.54, 1.807) is 18.2 Å². The average Bonchev–Trinajstić information content (AvgIpc) is 2.67. The molecule has 0 radical (unpaired) electrons. The van der Waals surface area contributed by atoms with Crippen molar-refractivity contribution in [2.24, 2.45) is 0 Å². The van der Waals surface area contributed by atoms with E-state index in [4.69, 9.17) is 9.84 Å². The number of hydrogen-bond acceptors (Lipinski definition) is 5. The number of amides is 1. The second-order valence-electron chi connectivity index (χ2n) is 5.93. The zero-order chi connectivity index (χ0) is 18.5. The number of benzene rings is 2. The minimum absolute atomic E-state index is 0.0421. The van der Waals surface area contributed by atoms with Crippen LogP contribution < -0.4 is 9.64 Å². The maximum atomic E-state index is 11.0. The summed E-state index contributed by atoms with van der Waals surface area (Å²) in [6.07, 6.45) is -0.886. The van der Waals surface area contributed by atoms with Crippen LogP contribution in [0.25, 0.3) is 0 Å². The molecular formula is C18H19N3O5. The smallest absolute Gasteiger partial charge is 0.407 e. The summed E-state index contributed by atoms with van der Waals surface area (Å²) in [5, 5.41) is 20.0. The summed E-state index contributed by atoms with van der Waals surface area (Å²) in [7, 11) is 0. The van der Waals surface area contributed by atoms with E-state index in [2.05, 4.69) is 4.90 Å². The molecule has 0 bridgehead atoms. The molecule has 8 nitrogen and oxygen atoms in total. The Morgan fingerprint density at radius 1 is 1.08 bits per heavy atom. The Bertz CT molecular complexity index is 786. The Labute approximate surface area is 150 Å². The average molecular weight is 357 g/mol. The number of rotatable bonds is 5. The molecule has 8 heteroatoms. The standard InChI is InChI=1S/C18H19N3O5/c22-18(23)20-11-9-19(10-12-20)15-5-7-16(8-6-15)26-13-14-3-1-2-4-17(14)21(24)25/h1-8H,9-13H2,(H,22,23). The highest BCUT2D eigenvalue weighted by atomic mass is 16.6. The van der Waals surface area contributed by atoms with Crippen LogP contribution in [0.15, 0.2) is 48.5 Å². The van der Waals surface area contributed by atoms with E-state index in [9.17, 15) is 14.9 Å². The highest BCUT2D eigenvalue weighted by molar-refractivity contribution is 5.65. The van der Waals surface area contributed by atoms with Crippen molar-refractivity contribution in [1.82, 2.24) is 4.90 Å². The second-order valence-corrected chi connectivity index (χ2v) is 5.93. The van der Waals surface area contributed by atoms with Gasteiger partial charge in [0.25, 0.3) is 5.69 Å². The van der Waals surface area contributed by atoms with E-state index in [1.807, 2.05) is 24.3 Å². The fourth-order valence-electron chi connectivity index (χ4n) is 2.88. The third kappa shape index (κ3) is 4.02. The number of ether oxygens (including phenoxy) is 1. The lowest BCUT2D eigenvalue weighted by Gasteiger charge is -2.34. The Balaban J connectivity index is 1.59. The van der Waals surface area contributed by atoms with E-state index in [0.29, 0.717) is 37.5 Å². The molecule has 3 rings (SSSR count). The van der Waals surface area contributed by atoms with Crippen LogP contribution in [0.3, 0.4) is 0 Å². The summed E-state index contributed by atoms with van der Waals surface area (Å²) < 4.78 is 5.66. The number of nitrogens with zero attached hydrogens (tertiary/aromatic N) is 3. The number of para-hydroxylation sites is 1. The van der Waals surface area contributed by atoms with Crippen LogP contribution in [-0.4, -0.2) is 47.2 Å². The first-order valence-electron chi connectivity index (χ1n) is 8.22. The molecule has 1 fully saturated rings. The van der Waals surface area contributed by atoms with Crippen LogP contribution in [0.2, 0.25) is 0 Å². The van der Waals surface area contributed by atoms with Gasteiger partial charge in [-0.25, -0.2) is 4.79 Å². The molecule has 1 saturated heterocycles. The summed E-state index contributed by atoms with van der Waals surface area (Å²) >= 11 is 0. The molecule has 0 atom stereocenters. The van der Waals surface area contributed by atoms with Crippen LogP contribution in [-0.2, 0) is 6.61 Å². The van der Waals surface area contributed by atoms with Gasteiger partial charge in [0.15, 0.2) is 0 Å². The first-order valence-corrected chi connectivity index (χ1v) is 8.22. The number of piperazine rings is 1. The predicted octanol–water partition coefficient (Wildman–Crippen LogP) is 2.97. The third-order valence-corrected chi connectivity index (χ3v) is 4.33. The highest BCUT2D eigenvalue weighted by Gasteiger charge is 2.20. The molecule has 0 spiro atoms. The molecule has 1 heterocycles. The maximum Gasteiger partial charge on any atom is 0.407 e. The number of carbonyl (C=O) groups is 1. The molecule has 136 valence electrons. The summed E-state index contributed by atoms with van der Waals surface area (Å²) in [6, 6.07) is 13.9. The summed E-state index contributed by atoms with van der Waals surface area (Å²) in [4.78, 5) is 25.1. The lowest BCUT2D eigenvalue weighted by atomic mass is 10.2. The predicted molar refractivity (Wildman–Crippen MR) is 95.7 cm³/mol. The van der Waals surface area contributed by atoms with Gasteiger partial charge >= 0.3 is 6.09 Å². The fourth-order valence-corrected chi connectivity index (χ4v) is 2.88. The maximum absolute atomic E-state index is 11.0. The van der Waals surface area contributed by atoms with E-state index < -0.39 is 11.0 Å². The summed E-state index contributed by atoms with van der Waals surface area (Å²) in [5.74, 6) is 0.621.